The van der Waals surface area contributed by atoms with Gasteiger partial charge in [-0.2, -0.15) is 0 Å². The molecule has 0 N–H and O–H groups in total. The molecule has 1 aromatic rings. The standard InChI is InChI=1S/C13H18FNO3S/c1-19(16,17)15-8-6-11(7-9-15)10-18-13-5-3-2-4-12(13)14/h2-5,11H,6-10H2,1H3. The molecule has 1 aliphatic heterocycles. The molecule has 0 radical (unpaired) electrons. The van der Waals surface area contributed by atoms with E-state index in [1.165, 1.54) is 16.6 Å². The summed E-state index contributed by atoms with van der Waals surface area (Å²) in [7, 11) is -3.09. The van der Waals surface area contributed by atoms with E-state index >= 15 is 0 Å². The molecular formula is C13H18FNO3S. The minimum Gasteiger partial charge on any atom is -0.490 e. The number of hydrogen-bond acceptors (Lipinski definition) is 3. The molecule has 0 spiro atoms. The lowest BCUT2D eigenvalue weighted by atomic mass is 9.99. The van der Waals surface area contributed by atoms with Crippen LogP contribution in [0.5, 0.6) is 5.75 Å². The largest absolute Gasteiger partial charge is 0.490 e. The van der Waals surface area contributed by atoms with E-state index in [4.69, 9.17) is 4.74 Å². The Balaban J connectivity index is 1.82. The lowest BCUT2D eigenvalue weighted by Crippen LogP contribution is -2.39. The quantitative estimate of drug-likeness (QED) is 0.849. The zero-order valence-electron chi connectivity index (χ0n) is 10.9. The van der Waals surface area contributed by atoms with Crippen LogP contribution in [0.4, 0.5) is 4.39 Å². The van der Waals surface area contributed by atoms with E-state index in [0.717, 1.165) is 12.8 Å². The predicted octanol–water partition coefficient (Wildman–Crippen LogP) is 1.88. The molecule has 0 amide bonds. The van der Waals surface area contributed by atoms with Crippen LogP contribution in [0.15, 0.2) is 24.3 Å². The minimum absolute atomic E-state index is 0.257. The third kappa shape index (κ3) is 3.91. The zero-order chi connectivity index (χ0) is 13.9. The first-order valence-corrected chi connectivity index (χ1v) is 8.14. The van der Waals surface area contributed by atoms with Crippen LogP contribution in [0.2, 0.25) is 0 Å². The Kier molecular flexibility index (Phi) is 4.42. The van der Waals surface area contributed by atoms with Crippen molar-refractivity contribution < 1.29 is 17.5 Å². The van der Waals surface area contributed by atoms with Gasteiger partial charge in [0.2, 0.25) is 10.0 Å². The molecule has 1 heterocycles. The number of hydrogen-bond donors (Lipinski definition) is 0. The highest BCUT2D eigenvalue weighted by atomic mass is 32.2. The number of nitrogens with zero attached hydrogens (tertiary/aromatic N) is 1. The van der Waals surface area contributed by atoms with Crippen molar-refractivity contribution in [3.8, 4) is 5.75 Å². The Hall–Kier alpha value is -1.14. The first kappa shape index (κ1) is 14.3. The summed E-state index contributed by atoms with van der Waals surface area (Å²) < 4.78 is 43.0. The number of halogens is 1. The smallest absolute Gasteiger partial charge is 0.211 e. The first-order chi connectivity index (χ1) is 8.97. The molecule has 19 heavy (non-hydrogen) atoms. The lowest BCUT2D eigenvalue weighted by Gasteiger charge is -2.30. The van der Waals surface area contributed by atoms with Gasteiger partial charge in [-0.3, -0.25) is 0 Å². The van der Waals surface area contributed by atoms with Gasteiger partial charge in [-0.25, -0.2) is 17.1 Å². The van der Waals surface area contributed by atoms with Crippen LogP contribution in [0.25, 0.3) is 0 Å². The summed E-state index contributed by atoms with van der Waals surface area (Å²) in [6, 6.07) is 6.31. The summed E-state index contributed by atoms with van der Waals surface area (Å²) in [4.78, 5) is 0. The van der Waals surface area contributed by atoms with Crippen molar-refractivity contribution in [3.05, 3.63) is 30.1 Å². The highest BCUT2D eigenvalue weighted by Crippen LogP contribution is 2.22. The molecule has 1 aromatic carbocycles. The molecule has 6 heteroatoms. The average molecular weight is 287 g/mol. The van der Waals surface area contributed by atoms with Crippen LogP contribution in [0, 0.1) is 11.7 Å². The summed E-state index contributed by atoms with van der Waals surface area (Å²) in [6.45, 7) is 1.47. The molecule has 2 rings (SSSR count). The van der Waals surface area contributed by atoms with E-state index in [9.17, 15) is 12.8 Å². The van der Waals surface area contributed by atoms with Gasteiger partial charge in [0.15, 0.2) is 11.6 Å². The molecule has 1 aliphatic rings. The maximum Gasteiger partial charge on any atom is 0.211 e. The maximum atomic E-state index is 13.3. The third-order valence-electron chi connectivity index (χ3n) is 3.35. The summed E-state index contributed by atoms with van der Waals surface area (Å²) in [6.07, 6.45) is 2.73. The van der Waals surface area contributed by atoms with Crippen LogP contribution < -0.4 is 4.74 Å². The summed E-state index contributed by atoms with van der Waals surface area (Å²) >= 11 is 0. The fourth-order valence-corrected chi connectivity index (χ4v) is 3.05. The van der Waals surface area contributed by atoms with Crippen molar-refractivity contribution >= 4 is 10.0 Å². The van der Waals surface area contributed by atoms with Crippen LogP contribution in [-0.4, -0.2) is 38.7 Å². The second-order valence-corrected chi connectivity index (χ2v) is 6.83. The third-order valence-corrected chi connectivity index (χ3v) is 4.66. The lowest BCUT2D eigenvalue weighted by molar-refractivity contribution is 0.181. The molecule has 1 fully saturated rings. The number of piperidine rings is 1. The van der Waals surface area contributed by atoms with Gasteiger partial charge in [0.1, 0.15) is 0 Å². The molecule has 1 saturated heterocycles. The Labute approximate surface area is 113 Å². The van der Waals surface area contributed by atoms with Gasteiger partial charge in [-0.1, -0.05) is 12.1 Å². The van der Waals surface area contributed by atoms with Gasteiger partial charge in [-0.15, -0.1) is 0 Å². The zero-order valence-corrected chi connectivity index (χ0v) is 11.7. The molecule has 0 atom stereocenters. The Morgan fingerprint density at radius 3 is 2.53 bits per heavy atom. The van der Waals surface area contributed by atoms with Crippen LogP contribution in [-0.2, 0) is 10.0 Å². The van der Waals surface area contributed by atoms with Crippen molar-refractivity contribution in [2.75, 3.05) is 26.0 Å². The van der Waals surface area contributed by atoms with Crippen molar-refractivity contribution in [2.24, 2.45) is 5.92 Å². The molecular weight excluding hydrogens is 269 g/mol. The number of rotatable bonds is 4. The normalized spacial score (nSPS) is 18.4. The Morgan fingerprint density at radius 1 is 1.32 bits per heavy atom. The summed E-state index contributed by atoms with van der Waals surface area (Å²) in [5, 5.41) is 0. The molecule has 0 aliphatic carbocycles. The van der Waals surface area contributed by atoms with Crippen molar-refractivity contribution in [1.82, 2.24) is 4.31 Å². The molecule has 0 bridgehead atoms. The van der Waals surface area contributed by atoms with Crippen LogP contribution in [0.1, 0.15) is 12.8 Å². The highest BCUT2D eigenvalue weighted by Gasteiger charge is 2.25. The SMILES string of the molecule is CS(=O)(=O)N1CCC(COc2ccccc2F)CC1. The highest BCUT2D eigenvalue weighted by molar-refractivity contribution is 7.88. The fourth-order valence-electron chi connectivity index (χ4n) is 2.18. The van der Waals surface area contributed by atoms with Gasteiger partial charge in [0.25, 0.3) is 0 Å². The number of ether oxygens (including phenoxy) is 1. The molecule has 106 valence electrons. The fraction of sp³-hybridized carbons (Fsp3) is 0.538. The van der Waals surface area contributed by atoms with Crippen LogP contribution >= 0.6 is 0 Å². The van der Waals surface area contributed by atoms with E-state index in [0.29, 0.717) is 19.7 Å². The minimum atomic E-state index is -3.09. The van der Waals surface area contributed by atoms with Crippen molar-refractivity contribution in [1.29, 1.82) is 0 Å². The second kappa shape index (κ2) is 5.88. The van der Waals surface area contributed by atoms with E-state index in [1.54, 1.807) is 18.2 Å². The molecule has 0 unspecified atom stereocenters. The second-order valence-electron chi connectivity index (χ2n) is 4.85. The van der Waals surface area contributed by atoms with Gasteiger partial charge in [0, 0.05) is 13.1 Å². The van der Waals surface area contributed by atoms with Gasteiger partial charge >= 0.3 is 0 Å². The molecule has 0 saturated carbocycles. The molecule has 4 nitrogen and oxygen atoms in total. The van der Waals surface area contributed by atoms with Crippen molar-refractivity contribution in [2.45, 2.75) is 12.8 Å². The van der Waals surface area contributed by atoms with Gasteiger partial charge in [0.05, 0.1) is 12.9 Å². The van der Waals surface area contributed by atoms with E-state index < -0.39 is 10.0 Å². The van der Waals surface area contributed by atoms with Crippen molar-refractivity contribution in [3.63, 3.8) is 0 Å². The summed E-state index contributed by atoms with van der Waals surface area (Å²) in [5.74, 6) is 0.168. The monoisotopic (exact) mass is 287 g/mol. The van der Waals surface area contributed by atoms with E-state index in [1.807, 2.05) is 0 Å². The number of para-hydroxylation sites is 1. The first-order valence-electron chi connectivity index (χ1n) is 6.29. The summed E-state index contributed by atoms with van der Waals surface area (Å²) in [5.41, 5.74) is 0. The van der Waals surface area contributed by atoms with Gasteiger partial charge < -0.3 is 4.74 Å². The Bertz CT molecular complexity index is 524. The van der Waals surface area contributed by atoms with Crippen LogP contribution in [0.3, 0.4) is 0 Å². The van der Waals surface area contributed by atoms with Gasteiger partial charge in [-0.05, 0) is 30.9 Å². The topological polar surface area (TPSA) is 46.6 Å². The maximum absolute atomic E-state index is 13.3. The Morgan fingerprint density at radius 2 is 1.95 bits per heavy atom. The molecule has 0 aromatic heterocycles. The van der Waals surface area contributed by atoms with E-state index in [2.05, 4.69) is 0 Å². The number of sulfonamides is 1. The number of benzene rings is 1. The van der Waals surface area contributed by atoms with E-state index in [-0.39, 0.29) is 17.5 Å². The average Bonchev–Trinajstić information content (AvgIpc) is 2.37. The predicted molar refractivity (Wildman–Crippen MR) is 71.0 cm³/mol.